The van der Waals surface area contributed by atoms with Gasteiger partial charge < -0.3 is 5.32 Å². The zero-order valence-electron chi connectivity index (χ0n) is 6.25. The fourth-order valence-corrected chi connectivity index (χ4v) is 0.907. The number of carbonyl (C=O) groups is 1. The molecule has 1 aromatic rings. The number of pyridine rings is 1. The van der Waals surface area contributed by atoms with E-state index in [1.807, 2.05) is 12.1 Å². The maximum absolute atomic E-state index is 10.7. The Bertz CT molecular complexity index is 252. The molecule has 64 valence electrons. The molecular formula is C7H8IN3O. The third-order valence-electron chi connectivity index (χ3n) is 1.29. The van der Waals surface area contributed by atoms with Gasteiger partial charge in [-0.15, -0.1) is 0 Å². The van der Waals surface area contributed by atoms with Crippen LogP contribution in [0.3, 0.4) is 0 Å². The second kappa shape index (κ2) is 4.91. The number of aromatic nitrogens is 1. The number of rotatable bonds is 2. The van der Waals surface area contributed by atoms with Gasteiger partial charge in [-0.3, -0.25) is 8.51 Å². The Kier molecular flexibility index (Phi) is 3.78. The van der Waals surface area contributed by atoms with Gasteiger partial charge in [0, 0.05) is 18.9 Å². The highest BCUT2D eigenvalue weighted by molar-refractivity contribution is 14.1. The molecule has 0 aliphatic rings. The quantitative estimate of drug-likeness (QED) is 0.631. The Labute approximate surface area is 84.3 Å². The highest BCUT2D eigenvalue weighted by Gasteiger charge is 1.95. The lowest BCUT2D eigenvalue weighted by Crippen LogP contribution is -2.28. The van der Waals surface area contributed by atoms with Crippen LogP contribution < -0.4 is 8.85 Å². The molecule has 0 radical (unpaired) electrons. The monoisotopic (exact) mass is 277 g/mol. The molecule has 5 heteroatoms. The molecule has 2 N–H and O–H groups in total. The summed E-state index contributed by atoms with van der Waals surface area (Å²) < 4.78 is 2.44. The number of nitrogens with one attached hydrogen (secondary N) is 2. The maximum Gasteiger partial charge on any atom is 0.323 e. The van der Waals surface area contributed by atoms with Crippen molar-refractivity contribution >= 4 is 28.9 Å². The zero-order valence-corrected chi connectivity index (χ0v) is 8.41. The molecule has 1 rings (SSSR count). The summed E-state index contributed by atoms with van der Waals surface area (Å²) in [6.07, 6.45) is 3.39. The third kappa shape index (κ3) is 3.04. The van der Waals surface area contributed by atoms with Gasteiger partial charge in [-0.2, -0.15) is 0 Å². The fraction of sp³-hybridized carbons (Fsp3) is 0.143. The van der Waals surface area contributed by atoms with Crippen LogP contribution >= 0.6 is 22.9 Å². The Balaban J connectivity index is 2.38. The Morgan fingerprint density at radius 3 is 2.75 bits per heavy atom. The second-order valence-corrected chi connectivity index (χ2v) is 2.67. The molecule has 0 unspecified atom stereocenters. The molecule has 0 spiro atoms. The summed E-state index contributed by atoms with van der Waals surface area (Å²) in [5.41, 5.74) is 1.03. The van der Waals surface area contributed by atoms with Gasteiger partial charge in [0.2, 0.25) is 0 Å². The van der Waals surface area contributed by atoms with Crippen molar-refractivity contribution in [1.82, 2.24) is 13.8 Å². The van der Waals surface area contributed by atoms with E-state index >= 15 is 0 Å². The molecule has 4 nitrogen and oxygen atoms in total. The van der Waals surface area contributed by atoms with Gasteiger partial charge in [0.15, 0.2) is 0 Å². The highest BCUT2D eigenvalue weighted by Crippen LogP contribution is 1.94. The Morgan fingerprint density at radius 2 is 2.17 bits per heavy atom. The van der Waals surface area contributed by atoms with Crippen LogP contribution in [0.4, 0.5) is 4.79 Å². The normalized spacial score (nSPS) is 9.08. The van der Waals surface area contributed by atoms with Crippen LogP contribution in [0.5, 0.6) is 0 Å². The van der Waals surface area contributed by atoms with Gasteiger partial charge in [-0.1, -0.05) is 0 Å². The summed E-state index contributed by atoms with van der Waals surface area (Å²) in [6.45, 7) is 0.525. The Morgan fingerprint density at radius 1 is 1.50 bits per heavy atom. The first kappa shape index (κ1) is 9.24. The predicted octanol–water partition coefficient (Wildman–Crippen LogP) is 1.23. The Hall–Kier alpha value is -0.850. The van der Waals surface area contributed by atoms with Crippen molar-refractivity contribution < 1.29 is 4.79 Å². The van der Waals surface area contributed by atoms with Crippen molar-refractivity contribution in [3.63, 3.8) is 0 Å². The molecule has 1 heterocycles. The first-order valence-corrected chi connectivity index (χ1v) is 4.44. The van der Waals surface area contributed by atoms with Crippen molar-refractivity contribution in [2.75, 3.05) is 0 Å². The summed E-state index contributed by atoms with van der Waals surface area (Å²) in [7, 11) is 0. The molecule has 0 aromatic carbocycles. The van der Waals surface area contributed by atoms with Crippen LogP contribution in [-0.2, 0) is 6.54 Å². The first-order chi connectivity index (χ1) is 5.83. The molecule has 0 aliphatic carbocycles. The largest absolute Gasteiger partial charge is 0.333 e. The molecule has 0 saturated heterocycles. The van der Waals surface area contributed by atoms with Crippen LogP contribution in [0.15, 0.2) is 24.5 Å². The van der Waals surface area contributed by atoms with Gasteiger partial charge in [0.05, 0.1) is 22.9 Å². The van der Waals surface area contributed by atoms with Gasteiger partial charge in [0.25, 0.3) is 0 Å². The van der Waals surface area contributed by atoms with Gasteiger partial charge in [-0.25, -0.2) is 4.79 Å². The van der Waals surface area contributed by atoms with E-state index in [-0.39, 0.29) is 6.03 Å². The lowest BCUT2D eigenvalue weighted by Gasteiger charge is -2.01. The first-order valence-electron chi connectivity index (χ1n) is 3.36. The van der Waals surface area contributed by atoms with Crippen LogP contribution in [0.2, 0.25) is 0 Å². The van der Waals surface area contributed by atoms with Crippen molar-refractivity contribution in [1.29, 1.82) is 0 Å². The molecule has 0 saturated carbocycles. The summed E-state index contributed by atoms with van der Waals surface area (Å²) in [6, 6.07) is 3.52. The molecular weight excluding hydrogens is 269 g/mol. The van der Waals surface area contributed by atoms with E-state index in [4.69, 9.17) is 0 Å². The summed E-state index contributed by atoms with van der Waals surface area (Å²) in [5.74, 6) is 0. The summed E-state index contributed by atoms with van der Waals surface area (Å²) in [4.78, 5) is 14.6. The second-order valence-electron chi connectivity index (χ2n) is 2.13. The molecule has 12 heavy (non-hydrogen) atoms. The minimum absolute atomic E-state index is 0.188. The van der Waals surface area contributed by atoms with E-state index in [9.17, 15) is 4.79 Å². The van der Waals surface area contributed by atoms with Crippen LogP contribution in [0.25, 0.3) is 0 Å². The van der Waals surface area contributed by atoms with Crippen molar-refractivity contribution in [3.8, 4) is 0 Å². The molecule has 1 aromatic heterocycles. The molecule has 0 atom stereocenters. The van der Waals surface area contributed by atoms with Crippen LogP contribution in [0, 0.1) is 0 Å². The van der Waals surface area contributed by atoms with Gasteiger partial charge in [-0.05, 0) is 17.7 Å². The molecule has 2 amide bonds. The SMILES string of the molecule is O=C(NI)NCc1ccncc1. The van der Waals surface area contributed by atoms with E-state index in [0.29, 0.717) is 6.54 Å². The van der Waals surface area contributed by atoms with Crippen molar-refractivity contribution in [3.05, 3.63) is 30.1 Å². The smallest absolute Gasteiger partial charge is 0.323 e. The lowest BCUT2D eigenvalue weighted by molar-refractivity contribution is 0.247. The number of hydrogen-bond donors (Lipinski definition) is 2. The fourth-order valence-electron chi connectivity index (χ4n) is 0.716. The minimum Gasteiger partial charge on any atom is -0.333 e. The lowest BCUT2D eigenvalue weighted by atomic mass is 10.3. The van der Waals surface area contributed by atoms with E-state index in [1.54, 1.807) is 35.3 Å². The van der Waals surface area contributed by atoms with E-state index in [1.165, 1.54) is 0 Å². The van der Waals surface area contributed by atoms with E-state index in [0.717, 1.165) is 5.56 Å². The predicted molar refractivity (Wildman–Crippen MR) is 53.6 cm³/mol. The van der Waals surface area contributed by atoms with Crippen LogP contribution in [0.1, 0.15) is 5.56 Å². The van der Waals surface area contributed by atoms with Gasteiger partial charge >= 0.3 is 6.03 Å². The summed E-state index contributed by atoms with van der Waals surface area (Å²) >= 11 is 1.78. The number of halogens is 1. The van der Waals surface area contributed by atoms with E-state index in [2.05, 4.69) is 13.8 Å². The van der Waals surface area contributed by atoms with Gasteiger partial charge in [0.1, 0.15) is 0 Å². The average Bonchev–Trinajstić information content (AvgIpc) is 2.16. The van der Waals surface area contributed by atoms with Crippen molar-refractivity contribution in [2.45, 2.75) is 6.54 Å². The minimum atomic E-state index is -0.188. The number of urea groups is 1. The average molecular weight is 277 g/mol. The number of carbonyl (C=O) groups excluding carboxylic acids is 1. The molecule has 0 fully saturated rings. The number of nitrogens with zero attached hydrogens (tertiary/aromatic N) is 1. The maximum atomic E-state index is 10.7. The third-order valence-corrected chi connectivity index (χ3v) is 1.78. The standard InChI is InChI=1S/C7H8IN3O/c8-11-7(12)10-5-6-1-3-9-4-2-6/h1-4H,5H2,(H2,10,11,12). The van der Waals surface area contributed by atoms with Crippen LogP contribution in [-0.4, -0.2) is 11.0 Å². The zero-order chi connectivity index (χ0) is 8.81. The topological polar surface area (TPSA) is 54.0 Å². The molecule has 0 aliphatic heterocycles. The highest BCUT2D eigenvalue weighted by atomic mass is 127. The number of amides is 2. The number of hydrogen-bond acceptors (Lipinski definition) is 2. The van der Waals surface area contributed by atoms with E-state index < -0.39 is 0 Å². The summed E-state index contributed by atoms with van der Waals surface area (Å²) in [5, 5.41) is 2.66. The van der Waals surface area contributed by atoms with Crippen molar-refractivity contribution in [2.24, 2.45) is 0 Å². The molecule has 0 bridgehead atoms.